The van der Waals surface area contributed by atoms with Crippen LogP contribution < -0.4 is 0 Å². The maximum atomic E-state index is 4.88. The Labute approximate surface area is 412 Å². The fourth-order valence-electron chi connectivity index (χ4n) is 19.4. The highest BCUT2D eigenvalue weighted by molar-refractivity contribution is 6.00. The van der Waals surface area contributed by atoms with E-state index in [2.05, 4.69) is 121 Å². The highest BCUT2D eigenvalue weighted by Crippen LogP contribution is 2.75. The third-order valence-electron chi connectivity index (χ3n) is 23.6. The summed E-state index contributed by atoms with van der Waals surface area (Å²) in [6, 6.07) is 0. The van der Waals surface area contributed by atoms with Gasteiger partial charge in [-0.2, -0.15) is 0 Å². The first-order chi connectivity index (χ1) is 30.4. The van der Waals surface area contributed by atoms with Crippen molar-refractivity contribution in [3.63, 3.8) is 0 Å². The lowest BCUT2D eigenvalue weighted by atomic mass is 9.39. The predicted molar refractivity (Wildman–Crippen MR) is 292 cm³/mol. The second kappa shape index (κ2) is 19.3. The van der Waals surface area contributed by atoms with Crippen LogP contribution >= 0.6 is 0 Å². The zero-order valence-electron chi connectivity index (χ0n) is 46.4. The molecule has 0 bridgehead atoms. The molecule has 1 nitrogen and oxygen atoms in total. The van der Waals surface area contributed by atoms with Gasteiger partial charge >= 0.3 is 0 Å². The van der Waals surface area contributed by atoms with Gasteiger partial charge in [-0.3, -0.25) is 4.99 Å². The maximum Gasteiger partial charge on any atom is 0.0374 e. The minimum Gasteiger partial charge on any atom is -0.293 e. The lowest BCUT2D eigenvalue weighted by Gasteiger charge is -2.65. The first-order valence-corrected chi connectivity index (χ1v) is 28.7. The highest BCUT2D eigenvalue weighted by atomic mass is 14.7. The SMILES string of the molecule is C.C=C1CC2(C)C(CCC3(C)C4=CC5CC(CC(C)(C)CC)CC5C4(C)C(C)CC32)CC1=NC.C=C1CC2C(CCC3CC(C)(C)CCC32C)C2=CCC(C(C)CCC(C)C)C12CC.CC. The van der Waals surface area contributed by atoms with Gasteiger partial charge in [0.1, 0.15) is 0 Å². The summed E-state index contributed by atoms with van der Waals surface area (Å²) in [5.41, 5.74) is 11.2. The van der Waals surface area contributed by atoms with Crippen LogP contribution in [-0.2, 0) is 0 Å². The monoisotopic (exact) mass is 906 g/mol. The number of hydrogen-bond donors (Lipinski definition) is 0. The zero-order chi connectivity index (χ0) is 47.9. The topological polar surface area (TPSA) is 12.4 Å². The lowest BCUT2D eigenvalue weighted by Crippen LogP contribution is -2.58. The minimum absolute atomic E-state index is 0. The Hall–Kier alpha value is -1.37. The van der Waals surface area contributed by atoms with E-state index in [1.165, 1.54) is 133 Å². The Morgan fingerprint density at radius 2 is 1.53 bits per heavy atom. The van der Waals surface area contributed by atoms with E-state index in [-0.39, 0.29) is 7.43 Å². The molecule has 0 spiro atoms. The van der Waals surface area contributed by atoms with Gasteiger partial charge in [0.25, 0.3) is 0 Å². The molecule has 0 heterocycles. The van der Waals surface area contributed by atoms with E-state index in [4.69, 9.17) is 6.58 Å². The molecule has 1 heteroatoms. The highest BCUT2D eigenvalue weighted by Gasteiger charge is 2.67. The molecular formula is C65H111N. The molecule has 0 amide bonds. The number of nitrogens with zero attached hydrogens (tertiary/aromatic N) is 1. The summed E-state index contributed by atoms with van der Waals surface area (Å²) in [6.07, 6.45) is 31.7. The van der Waals surface area contributed by atoms with Gasteiger partial charge in [-0.05, 0) is 212 Å². The van der Waals surface area contributed by atoms with E-state index in [9.17, 15) is 0 Å². The molecule has 376 valence electrons. The molecule has 0 aromatic heterocycles. The van der Waals surface area contributed by atoms with E-state index in [0.29, 0.717) is 37.9 Å². The molecule has 0 N–H and O–H groups in total. The average Bonchev–Trinajstić information content (AvgIpc) is 3.94. The van der Waals surface area contributed by atoms with Crippen LogP contribution in [0.25, 0.3) is 0 Å². The average molecular weight is 907 g/mol. The van der Waals surface area contributed by atoms with Crippen LogP contribution in [0, 0.1) is 109 Å². The van der Waals surface area contributed by atoms with Crippen molar-refractivity contribution < 1.29 is 0 Å². The van der Waals surface area contributed by atoms with Crippen LogP contribution in [0.2, 0.25) is 0 Å². The van der Waals surface area contributed by atoms with Gasteiger partial charge < -0.3 is 0 Å². The van der Waals surface area contributed by atoms with E-state index in [1.807, 2.05) is 32.0 Å². The summed E-state index contributed by atoms with van der Waals surface area (Å²) in [4.78, 5) is 4.63. The number of fused-ring (bicyclic) bond motifs is 12. The molecule has 0 saturated heterocycles. The number of hydrogen-bond acceptors (Lipinski definition) is 1. The molecule has 0 aromatic rings. The third kappa shape index (κ3) is 8.67. The predicted octanol–water partition coefficient (Wildman–Crippen LogP) is 19.8. The molecule has 0 radical (unpaired) electrons. The molecular weight excluding hydrogens is 795 g/mol. The van der Waals surface area contributed by atoms with Crippen molar-refractivity contribution in [2.75, 3.05) is 7.05 Å². The normalized spacial score (nSPS) is 45.2. The summed E-state index contributed by atoms with van der Waals surface area (Å²) in [5, 5.41) is 0. The maximum absolute atomic E-state index is 4.88. The van der Waals surface area contributed by atoms with Crippen LogP contribution in [0.1, 0.15) is 240 Å². The Balaban J connectivity index is 0.000000208. The number of aliphatic imine (C=N–C) groups is 1. The lowest BCUT2D eigenvalue weighted by molar-refractivity contribution is -0.0998. The molecule has 0 aliphatic heterocycles. The van der Waals surface area contributed by atoms with Crippen LogP contribution in [-0.4, -0.2) is 12.8 Å². The summed E-state index contributed by atoms with van der Waals surface area (Å²) in [7, 11) is 1.97. The van der Waals surface area contributed by atoms with Gasteiger partial charge in [0, 0.05) is 18.2 Å². The van der Waals surface area contributed by atoms with E-state index in [0.717, 1.165) is 71.0 Å². The van der Waals surface area contributed by atoms with E-state index in [1.54, 1.807) is 5.57 Å². The van der Waals surface area contributed by atoms with Crippen molar-refractivity contribution >= 4 is 5.71 Å². The van der Waals surface area contributed by atoms with Gasteiger partial charge in [0.15, 0.2) is 0 Å². The fraction of sp³-hybridized carbons (Fsp3) is 0.862. The number of allylic oxidation sites excluding steroid dienone is 6. The van der Waals surface area contributed by atoms with E-state index >= 15 is 0 Å². The van der Waals surface area contributed by atoms with Crippen molar-refractivity contribution in [2.45, 2.75) is 240 Å². The Morgan fingerprint density at radius 1 is 0.833 bits per heavy atom. The van der Waals surface area contributed by atoms with Crippen LogP contribution in [0.3, 0.4) is 0 Å². The third-order valence-corrected chi connectivity index (χ3v) is 23.6. The van der Waals surface area contributed by atoms with Crippen molar-refractivity contribution in [3.05, 3.63) is 47.6 Å². The Bertz CT molecular complexity index is 1850. The minimum atomic E-state index is 0. The largest absolute Gasteiger partial charge is 0.293 e. The summed E-state index contributed by atoms with van der Waals surface area (Å²) in [5.74, 6) is 10.1. The molecule has 9 rings (SSSR count). The molecule has 16 atom stereocenters. The fourth-order valence-corrected chi connectivity index (χ4v) is 19.4. The molecule has 0 aromatic carbocycles. The smallest absolute Gasteiger partial charge is 0.0374 e. The summed E-state index contributed by atoms with van der Waals surface area (Å²) in [6.45, 7) is 48.9. The molecule has 9 aliphatic rings. The first kappa shape index (κ1) is 54.0. The second-order valence-electron chi connectivity index (χ2n) is 28.1. The first-order valence-electron chi connectivity index (χ1n) is 28.7. The van der Waals surface area contributed by atoms with Gasteiger partial charge in [-0.1, -0.05) is 179 Å². The van der Waals surface area contributed by atoms with Crippen LogP contribution in [0.5, 0.6) is 0 Å². The molecule has 16 unspecified atom stereocenters. The standard InChI is InChI=1S/C32H51N.C30H50.C2H6.CH4/c1-10-29(4,5)19-22-14-23-16-28-30(6)12-11-24-17-26(33-9)20(2)18-31(24,7)27(30)13-21(3)32(28,8)25(23)15-22;1-9-30-22(5)18-27-24(13-12-23-19-28(6,7)16-17-29(23,27)8)26(30)15-14-25(30)21(4)11-10-20(2)3;1-2;/h16,21-25,27H,2,10-15,17-19H2,1,3-9H3;15,20-21,23-25,27H,5,9-14,16-19H2,1-4,6-8H3;1-2H3;1H4. The van der Waals surface area contributed by atoms with Gasteiger partial charge in [0.2, 0.25) is 0 Å². The van der Waals surface area contributed by atoms with E-state index < -0.39 is 0 Å². The summed E-state index contributed by atoms with van der Waals surface area (Å²) >= 11 is 0. The summed E-state index contributed by atoms with van der Waals surface area (Å²) < 4.78 is 0. The Morgan fingerprint density at radius 3 is 2.17 bits per heavy atom. The zero-order valence-corrected chi connectivity index (χ0v) is 46.4. The van der Waals surface area contributed by atoms with Crippen LogP contribution in [0.15, 0.2) is 52.6 Å². The second-order valence-corrected chi connectivity index (χ2v) is 28.1. The number of rotatable bonds is 8. The van der Waals surface area contributed by atoms with Gasteiger partial charge in [-0.15, -0.1) is 0 Å². The van der Waals surface area contributed by atoms with Crippen molar-refractivity contribution in [3.8, 4) is 0 Å². The van der Waals surface area contributed by atoms with Crippen LogP contribution in [0.4, 0.5) is 0 Å². The molecule has 66 heavy (non-hydrogen) atoms. The van der Waals surface area contributed by atoms with Crippen molar-refractivity contribution in [2.24, 2.45) is 114 Å². The van der Waals surface area contributed by atoms with Crippen molar-refractivity contribution in [1.29, 1.82) is 0 Å². The Kier molecular flexibility index (Phi) is 15.8. The van der Waals surface area contributed by atoms with Crippen molar-refractivity contribution in [1.82, 2.24) is 0 Å². The van der Waals surface area contributed by atoms with Gasteiger partial charge in [-0.25, -0.2) is 0 Å². The quantitative estimate of drug-likeness (QED) is 0.215. The molecule has 9 aliphatic carbocycles. The molecule has 7 saturated carbocycles. The molecule has 7 fully saturated rings. The van der Waals surface area contributed by atoms with Gasteiger partial charge in [0.05, 0.1) is 0 Å².